The maximum Gasteiger partial charge on any atom is 0.319 e. The van der Waals surface area contributed by atoms with Crippen LogP contribution in [0.3, 0.4) is 0 Å². The Morgan fingerprint density at radius 2 is 2.00 bits per heavy atom. The van der Waals surface area contributed by atoms with Crippen LogP contribution in [-0.2, 0) is 9.59 Å². The fraction of sp³-hybridized carbons (Fsp3) is 0.500. The van der Waals surface area contributed by atoms with Crippen LogP contribution in [0.25, 0.3) is 0 Å². The molecular formula is C18H22N4O3S. The summed E-state index contributed by atoms with van der Waals surface area (Å²) < 4.78 is 0. The minimum absolute atomic E-state index is 0.0284. The van der Waals surface area contributed by atoms with E-state index in [0.29, 0.717) is 25.2 Å². The quantitative estimate of drug-likeness (QED) is 0.786. The number of piperazine rings is 1. The number of hydrogen-bond donors (Lipinski definition) is 2. The molecule has 1 aromatic rings. The summed E-state index contributed by atoms with van der Waals surface area (Å²) in [6.07, 6.45) is 4.19. The third-order valence-corrected chi connectivity index (χ3v) is 6.12. The van der Waals surface area contributed by atoms with E-state index in [4.69, 9.17) is 0 Å². The molecule has 1 aromatic carbocycles. The van der Waals surface area contributed by atoms with Gasteiger partial charge in [0.05, 0.1) is 6.04 Å². The normalized spacial score (nSPS) is 27.3. The Hall–Kier alpha value is -2.22. The molecule has 3 aliphatic heterocycles. The van der Waals surface area contributed by atoms with Crippen molar-refractivity contribution in [3.05, 3.63) is 24.3 Å². The summed E-state index contributed by atoms with van der Waals surface area (Å²) in [5, 5.41) is 5.72. The van der Waals surface area contributed by atoms with E-state index in [1.807, 2.05) is 30.5 Å². The van der Waals surface area contributed by atoms with Crippen LogP contribution in [0.15, 0.2) is 29.2 Å². The molecule has 3 saturated heterocycles. The summed E-state index contributed by atoms with van der Waals surface area (Å²) in [6, 6.07) is 6.02. The summed E-state index contributed by atoms with van der Waals surface area (Å²) >= 11 is 1.60. The third kappa shape index (κ3) is 2.92. The number of benzene rings is 1. The molecule has 2 N–H and O–H groups in total. The molecule has 3 heterocycles. The van der Waals surface area contributed by atoms with Gasteiger partial charge in [0.25, 0.3) is 0 Å². The maximum absolute atomic E-state index is 12.8. The number of rotatable bonds is 3. The van der Waals surface area contributed by atoms with E-state index in [1.165, 1.54) is 0 Å². The standard InChI is InChI=1S/C18H22N4O3S/c1-26-12-5-2-4-11(10-12)19-18(25)20-13-7-9-22-15(13)17(24)21-8-3-6-14(21)16(22)23/h2,4-5,10,13-15H,3,6-9H2,1H3,(H2,19,20,25)/t13-,14+,15-/m0/s1. The van der Waals surface area contributed by atoms with Gasteiger partial charge < -0.3 is 20.4 Å². The van der Waals surface area contributed by atoms with Crippen molar-refractivity contribution in [2.45, 2.75) is 42.3 Å². The van der Waals surface area contributed by atoms with Crippen LogP contribution in [-0.4, -0.2) is 65.1 Å². The summed E-state index contributed by atoms with van der Waals surface area (Å²) in [4.78, 5) is 42.3. The zero-order valence-corrected chi connectivity index (χ0v) is 15.4. The fourth-order valence-corrected chi connectivity index (χ4v) is 4.64. The minimum atomic E-state index is -0.569. The van der Waals surface area contributed by atoms with Gasteiger partial charge in [-0.25, -0.2) is 4.79 Å². The number of hydrogen-bond acceptors (Lipinski definition) is 4. The molecule has 3 aliphatic rings. The fourth-order valence-electron chi connectivity index (χ4n) is 4.18. The van der Waals surface area contributed by atoms with Gasteiger partial charge in [0, 0.05) is 23.7 Å². The first kappa shape index (κ1) is 17.2. The van der Waals surface area contributed by atoms with Crippen LogP contribution in [0.5, 0.6) is 0 Å². The van der Waals surface area contributed by atoms with Gasteiger partial charge in [0.2, 0.25) is 11.8 Å². The first-order valence-electron chi connectivity index (χ1n) is 8.91. The molecule has 3 atom stereocenters. The highest BCUT2D eigenvalue weighted by molar-refractivity contribution is 7.98. The van der Waals surface area contributed by atoms with Gasteiger partial charge in [-0.3, -0.25) is 9.59 Å². The van der Waals surface area contributed by atoms with Crippen molar-refractivity contribution in [2.75, 3.05) is 24.7 Å². The first-order chi connectivity index (χ1) is 12.6. The van der Waals surface area contributed by atoms with Crippen LogP contribution < -0.4 is 10.6 Å². The molecular weight excluding hydrogens is 352 g/mol. The second-order valence-corrected chi connectivity index (χ2v) is 7.77. The zero-order chi connectivity index (χ0) is 18.3. The van der Waals surface area contributed by atoms with Gasteiger partial charge in [-0.2, -0.15) is 0 Å². The molecule has 3 fully saturated rings. The molecule has 4 amide bonds. The largest absolute Gasteiger partial charge is 0.332 e. The van der Waals surface area contributed by atoms with Gasteiger partial charge in [0.15, 0.2) is 0 Å². The third-order valence-electron chi connectivity index (χ3n) is 5.40. The molecule has 7 nitrogen and oxygen atoms in total. The van der Waals surface area contributed by atoms with Gasteiger partial charge in [-0.15, -0.1) is 11.8 Å². The predicted octanol–water partition coefficient (Wildman–Crippen LogP) is 1.50. The number of carbonyl (C=O) groups is 3. The molecule has 26 heavy (non-hydrogen) atoms. The summed E-state index contributed by atoms with van der Waals surface area (Å²) in [7, 11) is 0. The molecule has 138 valence electrons. The highest BCUT2D eigenvalue weighted by Crippen LogP contribution is 2.32. The Morgan fingerprint density at radius 3 is 2.81 bits per heavy atom. The van der Waals surface area contributed by atoms with E-state index in [-0.39, 0.29) is 29.9 Å². The lowest BCUT2D eigenvalue weighted by Crippen LogP contribution is -2.64. The Labute approximate surface area is 156 Å². The Bertz CT molecular complexity index is 756. The highest BCUT2D eigenvalue weighted by Gasteiger charge is 2.53. The van der Waals surface area contributed by atoms with Crippen molar-refractivity contribution in [2.24, 2.45) is 0 Å². The van der Waals surface area contributed by atoms with Crippen molar-refractivity contribution in [1.82, 2.24) is 15.1 Å². The minimum Gasteiger partial charge on any atom is -0.332 e. The SMILES string of the molecule is CSc1cccc(NC(=O)N[C@H]2CCN3C(=O)[C@H]4CCCN4C(=O)[C@H]23)c1. The van der Waals surface area contributed by atoms with Crippen LogP contribution >= 0.6 is 11.8 Å². The lowest BCUT2D eigenvalue weighted by molar-refractivity contribution is -0.157. The van der Waals surface area contributed by atoms with Crippen molar-refractivity contribution >= 4 is 35.3 Å². The van der Waals surface area contributed by atoms with Crippen LogP contribution in [0.2, 0.25) is 0 Å². The van der Waals surface area contributed by atoms with Gasteiger partial charge in [0.1, 0.15) is 12.1 Å². The van der Waals surface area contributed by atoms with Crippen LogP contribution in [0.4, 0.5) is 10.5 Å². The summed E-state index contributed by atoms with van der Waals surface area (Å²) in [6.45, 7) is 1.16. The van der Waals surface area contributed by atoms with E-state index in [9.17, 15) is 14.4 Å². The second-order valence-electron chi connectivity index (χ2n) is 6.89. The van der Waals surface area contributed by atoms with Crippen molar-refractivity contribution in [3.8, 4) is 0 Å². The predicted molar refractivity (Wildman–Crippen MR) is 99.0 cm³/mol. The smallest absolute Gasteiger partial charge is 0.319 e. The molecule has 0 unspecified atom stereocenters. The first-order valence-corrected chi connectivity index (χ1v) is 10.1. The average molecular weight is 374 g/mol. The monoisotopic (exact) mass is 374 g/mol. The maximum atomic E-state index is 12.8. The molecule has 0 radical (unpaired) electrons. The van der Waals surface area contributed by atoms with Gasteiger partial charge in [-0.05, 0) is 43.7 Å². The molecule has 0 saturated carbocycles. The van der Waals surface area contributed by atoms with Crippen LogP contribution in [0.1, 0.15) is 19.3 Å². The average Bonchev–Trinajstić information content (AvgIpc) is 3.27. The number of anilines is 1. The van der Waals surface area contributed by atoms with Gasteiger partial charge in [-0.1, -0.05) is 6.07 Å². The number of fused-ring (bicyclic) bond motifs is 2. The Kier molecular flexibility index (Phi) is 4.52. The Balaban J connectivity index is 1.44. The van der Waals surface area contributed by atoms with Crippen molar-refractivity contribution in [1.29, 1.82) is 0 Å². The van der Waals surface area contributed by atoms with E-state index in [0.717, 1.165) is 17.7 Å². The van der Waals surface area contributed by atoms with Crippen molar-refractivity contribution < 1.29 is 14.4 Å². The number of thioether (sulfide) groups is 1. The molecule has 8 heteroatoms. The Morgan fingerprint density at radius 1 is 1.15 bits per heavy atom. The zero-order valence-electron chi connectivity index (χ0n) is 14.6. The van der Waals surface area contributed by atoms with E-state index in [2.05, 4.69) is 10.6 Å². The van der Waals surface area contributed by atoms with E-state index in [1.54, 1.807) is 21.6 Å². The molecule has 0 aliphatic carbocycles. The molecule has 4 rings (SSSR count). The van der Waals surface area contributed by atoms with Crippen molar-refractivity contribution in [3.63, 3.8) is 0 Å². The number of amides is 4. The highest BCUT2D eigenvalue weighted by atomic mass is 32.2. The van der Waals surface area contributed by atoms with E-state index >= 15 is 0 Å². The lowest BCUT2D eigenvalue weighted by atomic mass is 10.0. The number of carbonyl (C=O) groups excluding carboxylic acids is 3. The number of urea groups is 1. The van der Waals surface area contributed by atoms with Crippen LogP contribution in [0, 0.1) is 0 Å². The number of nitrogens with one attached hydrogen (secondary N) is 2. The molecule has 0 aromatic heterocycles. The lowest BCUT2D eigenvalue weighted by Gasteiger charge is -2.40. The topological polar surface area (TPSA) is 81.8 Å². The molecule has 0 bridgehead atoms. The number of nitrogens with zero attached hydrogens (tertiary/aromatic N) is 2. The van der Waals surface area contributed by atoms with E-state index < -0.39 is 6.04 Å². The van der Waals surface area contributed by atoms with Gasteiger partial charge >= 0.3 is 6.03 Å². The second kappa shape index (κ2) is 6.83. The summed E-state index contributed by atoms with van der Waals surface area (Å²) in [5.41, 5.74) is 0.704. The summed E-state index contributed by atoms with van der Waals surface area (Å²) in [5.74, 6) is 0.00348. The molecule has 0 spiro atoms.